The molecule has 1 fully saturated rings. The number of nitrogens with one attached hydrogen (secondary N) is 1. The van der Waals surface area contributed by atoms with Crippen molar-refractivity contribution in [3.05, 3.63) is 0 Å². The Morgan fingerprint density at radius 3 is 2.08 bits per heavy atom. The van der Waals surface area contributed by atoms with Gasteiger partial charge in [0.2, 0.25) is 5.91 Å². The molecule has 0 aliphatic carbocycles. The number of hydrogen-bond acceptors (Lipinski definition) is 2. The average Bonchev–Trinajstić information content (AvgIpc) is 2.97. The van der Waals surface area contributed by atoms with E-state index in [1.165, 1.54) is 70.6 Å². The lowest BCUT2D eigenvalue weighted by Gasteiger charge is -2.32. The smallest absolute Gasteiger partial charge is 0.222 e. The molecule has 0 aromatic heterocycles. The van der Waals surface area contributed by atoms with Crippen LogP contribution in [0.15, 0.2) is 0 Å². The van der Waals surface area contributed by atoms with Gasteiger partial charge < -0.3 is 10.2 Å². The second kappa shape index (κ2) is 12.7. The third kappa shape index (κ3) is 9.05. The van der Waals surface area contributed by atoms with Gasteiger partial charge >= 0.3 is 0 Å². The van der Waals surface area contributed by atoms with Crippen LogP contribution in [0.25, 0.3) is 0 Å². The number of carbonyl (C=O) groups is 1. The van der Waals surface area contributed by atoms with Crippen LogP contribution in [0, 0.1) is 0 Å². The molecule has 1 aliphatic heterocycles. The van der Waals surface area contributed by atoms with Crippen LogP contribution >= 0.6 is 0 Å². The number of amides is 1. The maximum absolute atomic E-state index is 11.7. The fraction of sp³-hybridized carbons (Fsp3) is 0.952. The van der Waals surface area contributed by atoms with Crippen LogP contribution < -0.4 is 5.32 Å². The van der Waals surface area contributed by atoms with E-state index in [0.717, 1.165) is 32.5 Å². The lowest BCUT2D eigenvalue weighted by atomic mass is 9.88. The Balaban J connectivity index is 2.32. The highest BCUT2D eigenvalue weighted by Gasteiger charge is 2.24. The van der Waals surface area contributed by atoms with Crippen molar-refractivity contribution in [1.29, 1.82) is 0 Å². The highest BCUT2D eigenvalue weighted by atomic mass is 16.2. The first-order chi connectivity index (χ1) is 11.6. The zero-order valence-electron chi connectivity index (χ0n) is 16.7. The molecule has 0 bridgehead atoms. The zero-order chi connectivity index (χ0) is 17.7. The Bertz CT molecular complexity index is 332. The number of rotatable bonds is 15. The molecule has 24 heavy (non-hydrogen) atoms. The Labute approximate surface area is 151 Å². The van der Waals surface area contributed by atoms with E-state index in [4.69, 9.17) is 0 Å². The summed E-state index contributed by atoms with van der Waals surface area (Å²) in [6, 6.07) is 0. The van der Waals surface area contributed by atoms with Crippen LogP contribution in [0.5, 0.6) is 0 Å². The monoisotopic (exact) mass is 338 g/mol. The first-order valence-corrected chi connectivity index (χ1v) is 10.6. The van der Waals surface area contributed by atoms with Crippen molar-refractivity contribution in [3.8, 4) is 0 Å². The standard InChI is InChI=1S/C21H42N2O/c1-4-6-8-10-12-16-21(3,15-11-9-7-5-2)22-17-19-23-18-13-14-20(23)24/h22H,4-19H2,1-3H3. The molecule has 1 saturated heterocycles. The van der Waals surface area contributed by atoms with E-state index in [-0.39, 0.29) is 5.54 Å². The minimum atomic E-state index is 0.253. The van der Waals surface area contributed by atoms with Gasteiger partial charge in [0.25, 0.3) is 0 Å². The van der Waals surface area contributed by atoms with Crippen LogP contribution in [0.1, 0.15) is 104 Å². The van der Waals surface area contributed by atoms with Crippen molar-refractivity contribution >= 4 is 5.91 Å². The fourth-order valence-electron chi connectivity index (χ4n) is 3.80. The summed E-state index contributed by atoms with van der Waals surface area (Å²) in [5.41, 5.74) is 0.253. The molecule has 1 atom stereocenters. The number of nitrogens with zero attached hydrogens (tertiary/aromatic N) is 1. The van der Waals surface area contributed by atoms with E-state index in [1.54, 1.807) is 0 Å². The Kier molecular flexibility index (Phi) is 11.4. The number of likely N-dealkylation sites (tertiary alicyclic amines) is 1. The fourth-order valence-corrected chi connectivity index (χ4v) is 3.80. The van der Waals surface area contributed by atoms with Gasteiger partial charge in [0.1, 0.15) is 0 Å². The van der Waals surface area contributed by atoms with Crippen molar-refractivity contribution in [2.45, 2.75) is 110 Å². The molecule has 0 saturated carbocycles. The molecule has 0 aromatic rings. The molecular weight excluding hydrogens is 296 g/mol. The van der Waals surface area contributed by atoms with Gasteiger partial charge in [-0.3, -0.25) is 4.79 Å². The van der Waals surface area contributed by atoms with Gasteiger partial charge in [-0.25, -0.2) is 0 Å². The van der Waals surface area contributed by atoms with Crippen LogP contribution in [-0.2, 0) is 4.79 Å². The van der Waals surface area contributed by atoms with E-state index in [2.05, 4.69) is 26.1 Å². The topological polar surface area (TPSA) is 32.3 Å². The molecular formula is C21H42N2O. The molecule has 3 heteroatoms. The predicted molar refractivity (Wildman–Crippen MR) is 104 cm³/mol. The molecule has 1 heterocycles. The molecule has 1 unspecified atom stereocenters. The summed E-state index contributed by atoms with van der Waals surface area (Å²) in [5.74, 6) is 0.348. The summed E-state index contributed by atoms with van der Waals surface area (Å²) in [5, 5.41) is 3.82. The van der Waals surface area contributed by atoms with Crippen molar-refractivity contribution in [2.24, 2.45) is 0 Å². The van der Waals surface area contributed by atoms with Crippen molar-refractivity contribution in [2.75, 3.05) is 19.6 Å². The molecule has 0 spiro atoms. The van der Waals surface area contributed by atoms with E-state index in [1.807, 2.05) is 4.90 Å². The van der Waals surface area contributed by atoms with Crippen molar-refractivity contribution in [1.82, 2.24) is 10.2 Å². The summed E-state index contributed by atoms with van der Waals surface area (Å²) in [7, 11) is 0. The average molecular weight is 339 g/mol. The first-order valence-electron chi connectivity index (χ1n) is 10.6. The SMILES string of the molecule is CCCCCCCC(C)(CCCCCC)NCCN1CCCC1=O. The lowest BCUT2D eigenvalue weighted by Crippen LogP contribution is -2.46. The minimum absolute atomic E-state index is 0.253. The van der Waals surface area contributed by atoms with Gasteiger partial charge in [0, 0.05) is 31.6 Å². The molecule has 1 aliphatic rings. The lowest BCUT2D eigenvalue weighted by molar-refractivity contribution is -0.127. The summed E-state index contributed by atoms with van der Waals surface area (Å²) >= 11 is 0. The van der Waals surface area contributed by atoms with E-state index >= 15 is 0 Å². The second-order valence-corrected chi connectivity index (χ2v) is 7.95. The maximum atomic E-state index is 11.7. The number of hydrogen-bond donors (Lipinski definition) is 1. The van der Waals surface area contributed by atoms with E-state index < -0.39 is 0 Å². The number of carbonyl (C=O) groups excluding carboxylic acids is 1. The molecule has 1 rings (SSSR count). The summed E-state index contributed by atoms with van der Waals surface area (Å²) in [4.78, 5) is 13.8. The van der Waals surface area contributed by atoms with Gasteiger partial charge in [-0.1, -0.05) is 71.6 Å². The minimum Gasteiger partial charge on any atom is -0.341 e. The maximum Gasteiger partial charge on any atom is 0.222 e. The largest absolute Gasteiger partial charge is 0.341 e. The van der Waals surface area contributed by atoms with E-state index in [0.29, 0.717) is 5.91 Å². The predicted octanol–water partition coefficient (Wildman–Crippen LogP) is 5.29. The quantitative estimate of drug-likeness (QED) is 0.412. The first kappa shape index (κ1) is 21.5. The molecule has 142 valence electrons. The Morgan fingerprint density at radius 1 is 0.958 bits per heavy atom. The van der Waals surface area contributed by atoms with Crippen LogP contribution in [-0.4, -0.2) is 36.0 Å². The molecule has 3 nitrogen and oxygen atoms in total. The highest BCUT2D eigenvalue weighted by Crippen LogP contribution is 2.23. The Hall–Kier alpha value is -0.570. The summed E-state index contributed by atoms with van der Waals surface area (Å²) < 4.78 is 0. The van der Waals surface area contributed by atoms with Crippen LogP contribution in [0.3, 0.4) is 0 Å². The summed E-state index contributed by atoms with van der Waals surface area (Å²) in [6.07, 6.45) is 16.5. The summed E-state index contributed by atoms with van der Waals surface area (Å²) in [6.45, 7) is 9.76. The van der Waals surface area contributed by atoms with Gasteiger partial charge in [-0.15, -0.1) is 0 Å². The van der Waals surface area contributed by atoms with Crippen molar-refractivity contribution < 1.29 is 4.79 Å². The number of unbranched alkanes of at least 4 members (excludes halogenated alkanes) is 7. The molecule has 0 radical (unpaired) electrons. The third-order valence-corrected chi connectivity index (χ3v) is 5.52. The van der Waals surface area contributed by atoms with Crippen molar-refractivity contribution in [3.63, 3.8) is 0 Å². The molecule has 0 aromatic carbocycles. The van der Waals surface area contributed by atoms with Gasteiger partial charge in [-0.2, -0.15) is 0 Å². The van der Waals surface area contributed by atoms with Crippen LogP contribution in [0.4, 0.5) is 0 Å². The van der Waals surface area contributed by atoms with Gasteiger partial charge in [0.05, 0.1) is 0 Å². The normalized spacial score (nSPS) is 17.5. The highest BCUT2D eigenvalue weighted by molar-refractivity contribution is 5.78. The molecule has 1 N–H and O–H groups in total. The zero-order valence-corrected chi connectivity index (χ0v) is 16.7. The van der Waals surface area contributed by atoms with Gasteiger partial charge in [0.15, 0.2) is 0 Å². The second-order valence-electron chi connectivity index (χ2n) is 7.95. The Morgan fingerprint density at radius 2 is 1.54 bits per heavy atom. The van der Waals surface area contributed by atoms with Gasteiger partial charge in [-0.05, 0) is 26.2 Å². The third-order valence-electron chi connectivity index (χ3n) is 5.52. The van der Waals surface area contributed by atoms with Crippen LogP contribution in [0.2, 0.25) is 0 Å². The molecule has 1 amide bonds. The van der Waals surface area contributed by atoms with E-state index in [9.17, 15) is 4.79 Å².